The van der Waals surface area contributed by atoms with Crippen molar-refractivity contribution in [1.29, 1.82) is 0 Å². The molecule has 0 aliphatic carbocycles. The summed E-state index contributed by atoms with van der Waals surface area (Å²) in [5, 5.41) is 11.1. The molecule has 4 nitrogen and oxygen atoms in total. The third-order valence-corrected chi connectivity index (χ3v) is 5.02. The second kappa shape index (κ2) is 4.05. The van der Waals surface area contributed by atoms with Gasteiger partial charge < -0.3 is 5.11 Å². The predicted molar refractivity (Wildman–Crippen MR) is 68.7 cm³/mol. The zero-order valence-corrected chi connectivity index (χ0v) is 10.5. The van der Waals surface area contributed by atoms with Gasteiger partial charge in [-0.15, -0.1) is 0 Å². The van der Waals surface area contributed by atoms with Gasteiger partial charge in [-0.1, -0.05) is 30.3 Å². The Balaban J connectivity index is 2.04. The molecular weight excluding hydrogens is 250 g/mol. The molecule has 1 aliphatic heterocycles. The Bertz CT molecular complexity index is 690. The maximum atomic E-state index is 12.2. The van der Waals surface area contributed by atoms with E-state index in [1.54, 1.807) is 18.2 Å². The molecule has 1 heterocycles. The summed E-state index contributed by atoms with van der Waals surface area (Å²) in [5.74, 6) is 0. The molecule has 1 aliphatic rings. The predicted octanol–water partition coefficient (Wildman–Crippen LogP) is 1.20. The maximum absolute atomic E-state index is 12.2. The van der Waals surface area contributed by atoms with Crippen LogP contribution >= 0.6 is 0 Å². The topological polar surface area (TPSA) is 57.6 Å². The number of fused-ring (bicyclic) bond motifs is 1. The van der Waals surface area contributed by atoms with Crippen molar-refractivity contribution in [3.05, 3.63) is 42.5 Å². The molecule has 1 N–H and O–H groups in total. The van der Waals surface area contributed by atoms with Crippen molar-refractivity contribution in [3.8, 4) is 0 Å². The van der Waals surface area contributed by atoms with Gasteiger partial charge in [0.05, 0.1) is 11.0 Å². The smallest absolute Gasteiger partial charge is 0.243 e. The fourth-order valence-electron chi connectivity index (χ4n) is 2.09. The van der Waals surface area contributed by atoms with Crippen LogP contribution in [0.15, 0.2) is 47.4 Å². The molecule has 0 saturated carbocycles. The first kappa shape index (κ1) is 11.6. The van der Waals surface area contributed by atoms with Gasteiger partial charge in [0, 0.05) is 13.1 Å². The van der Waals surface area contributed by atoms with Crippen LogP contribution in [-0.4, -0.2) is 37.0 Å². The lowest BCUT2D eigenvalue weighted by Crippen LogP contribution is -2.53. The Morgan fingerprint density at radius 1 is 1.06 bits per heavy atom. The highest BCUT2D eigenvalue weighted by molar-refractivity contribution is 7.89. The Hall–Kier alpha value is -1.43. The third kappa shape index (κ3) is 1.80. The maximum Gasteiger partial charge on any atom is 0.243 e. The van der Waals surface area contributed by atoms with E-state index >= 15 is 0 Å². The average molecular weight is 263 g/mol. The quantitative estimate of drug-likeness (QED) is 0.886. The molecule has 5 heteroatoms. The number of benzene rings is 2. The summed E-state index contributed by atoms with van der Waals surface area (Å²) in [6.07, 6.45) is -0.528. The molecular formula is C13H13NO3S. The summed E-state index contributed by atoms with van der Waals surface area (Å²) in [4.78, 5) is 0.285. The molecule has 0 spiro atoms. The highest BCUT2D eigenvalue weighted by Gasteiger charge is 2.35. The molecule has 2 aromatic rings. The van der Waals surface area contributed by atoms with E-state index in [0.717, 1.165) is 10.8 Å². The van der Waals surface area contributed by atoms with E-state index in [0.29, 0.717) is 0 Å². The molecule has 2 aromatic carbocycles. The summed E-state index contributed by atoms with van der Waals surface area (Å²) in [6, 6.07) is 12.7. The zero-order valence-electron chi connectivity index (χ0n) is 9.65. The van der Waals surface area contributed by atoms with Crippen LogP contribution in [0.1, 0.15) is 0 Å². The zero-order chi connectivity index (χ0) is 12.8. The van der Waals surface area contributed by atoms with Crippen LogP contribution in [0.5, 0.6) is 0 Å². The first-order valence-electron chi connectivity index (χ1n) is 5.74. The monoisotopic (exact) mass is 263 g/mol. The lowest BCUT2D eigenvalue weighted by atomic mass is 10.1. The van der Waals surface area contributed by atoms with E-state index in [9.17, 15) is 13.5 Å². The molecule has 0 unspecified atom stereocenters. The van der Waals surface area contributed by atoms with Crippen LogP contribution in [-0.2, 0) is 10.0 Å². The Morgan fingerprint density at radius 3 is 2.39 bits per heavy atom. The molecule has 1 saturated heterocycles. The molecule has 0 aromatic heterocycles. The number of hydrogen-bond donors (Lipinski definition) is 1. The van der Waals surface area contributed by atoms with Crippen LogP contribution in [0.2, 0.25) is 0 Å². The van der Waals surface area contributed by atoms with Gasteiger partial charge >= 0.3 is 0 Å². The van der Waals surface area contributed by atoms with Gasteiger partial charge in [0.15, 0.2) is 0 Å². The number of hydrogen-bond acceptors (Lipinski definition) is 3. The fraction of sp³-hybridized carbons (Fsp3) is 0.231. The van der Waals surface area contributed by atoms with E-state index in [4.69, 9.17) is 0 Å². The molecule has 0 radical (unpaired) electrons. The summed E-state index contributed by atoms with van der Waals surface area (Å²) >= 11 is 0. The number of aliphatic hydroxyl groups is 1. The number of rotatable bonds is 2. The van der Waals surface area contributed by atoms with Gasteiger partial charge in [0.1, 0.15) is 0 Å². The van der Waals surface area contributed by atoms with Crippen LogP contribution in [0.25, 0.3) is 10.8 Å². The van der Waals surface area contributed by atoms with Gasteiger partial charge in [-0.05, 0) is 22.9 Å². The number of nitrogens with zero attached hydrogens (tertiary/aromatic N) is 1. The lowest BCUT2D eigenvalue weighted by Gasteiger charge is -2.34. The summed E-state index contributed by atoms with van der Waals surface area (Å²) in [7, 11) is -3.45. The second-order valence-electron chi connectivity index (χ2n) is 4.48. The highest BCUT2D eigenvalue weighted by atomic mass is 32.2. The minimum absolute atomic E-state index is 0.190. The second-order valence-corrected chi connectivity index (χ2v) is 6.42. The first-order chi connectivity index (χ1) is 8.57. The summed E-state index contributed by atoms with van der Waals surface area (Å²) in [6.45, 7) is 0.379. The molecule has 1 fully saturated rings. The van der Waals surface area contributed by atoms with Crippen LogP contribution in [0, 0.1) is 0 Å². The standard InChI is InChI=1S/C13H13NO3S/c15-12-8-14(9-12)18(16,17)13-6-5-10-3-1-2-4-11(10)7-13/h1-7,12,15H,8-9H2. The van der Waals surface area contributed by atoms with Gasteiger partial charge in [-0.25, -0.2) is 8.42 Å². The van der Waals surface area contributed by atoms with Crippen molar-refractivity contribution in [2.24, 2.45) is 0 Å². The van der Waals surface area contributed by atoms with Crippen molar-refractivity contribution in [2.45, 2.75) is 11.0 Å². The van der Waals surface area contributed by atoms with E-state index in [-0.39, 0.29) is 18.0 Å². The minimum Gasteiger partial charge on any atom is -0.390 e. The van der Waals surface area contributed by atoms with Crippen molar-refractivity contribution < 1.29 is 13.5 Å². The van der Waals surface area contributed by atoms with E-state index in [1.165, 1.54) is 4.31 Å². The number of sulfonamides is 1. The van der Waals surface area contributed by atoms with Crippen molar-refractivity contribution in [1.82, 2.24) is 4.31 Å². The molecule has 18 heavy (non-hydrogen) atoms. The molecule has 0 amide bonds. The molecule has 0 atom stereocenters. The van der Waals surface area contributed by atoms with Crippen LogP contribution < -0.4 is 0 Å². The largest absolute Gasteiger partial charge is 0.390 e. The number of aliphatic hydroxyl groups excluding tert-OH is 1. The van der Waals surface area contributed by atoms with Gasteiger partial charge in [0.25, 0.3) is 0 Å². The van der Waals surface area contributed by atoms with Crippen molar-refractivity contribution in [3.63, 3.8) is 0 Å². The lowest BCUT2D eigenvalue weighted by molar-refractivity contribution is 0.0548. The van der Waals surface area contributed by atoms with Crippen molar-refractivity contribution >= 4 is 20.8 Å². The first-order valence-corrected chi connectivity index (χ1v) is 7.18. The van der Waals surface area contributed by atoms with E-state index < -0.39 is 16.1 Å². The Morgan fingerprint density at radius 2 is 1.72 bits per heavy atom. The van der Waals surface area contributed by atoms with Crippen molar-refractivity contribution in [2.75, 3.05) is 13.1 Å². The Kier molecular flexibility index (Phi) is 2.62. The van der Waals surface area contributed by atoms with E-state index in [2.05, 4.69) is 0 Å². The van der Waals surface area contributed by atoms with Crippen LogP contribution in [0.4, 0.5) is 0 Å². The summed E-state index contributed by atoms with van der Waals surface area (Å²) < 4.78 is 25.7. The number of β-amino-alcohol motifs (C(OH)–C–C–N with tert-alkyl or cyclic N) is 1. The SMILES string of the molecule is O=S(=O)(c1ccc2ccccc2c1)N1CC(O)C1. The molecule has 0 bridgehead atoms. The summed E-state index contributed by atoms with van der Waals surface area (Å²) in [5.41, 5.74) is 0. The normalized spacial score (nSPS) is 17.8. The van der Waals surface area contributed by atoms with E-state index in [1.807, 2.05) is 24.3 Å². The van der Waals surface area contributed by atoms with Gasteiger partial charge in [-0.2, -0.15) is 4.31 Å². The average Bonchev–Trinajstić information content (AvgIpc) is 2.34. The minimum atomic E-state index is -3.45. The fourth-order valence-corrected chi connectivity index (χ4v) is 3.64. The van der Waals surface area contributed by atoms with Crippen LogP contribution in [0.3, 0.4) is 0 Å². The highest BCUT2D eigenvalue weighted by Crippen LogP contribution is 2.24. The Labute approximate surface area is 106 Å². The molecule has 3 rings (SSSR count). The third-order valence-electron chi connectivity index (χ3n) is 3.19. The molecule has 94 valence electrons. The van der Waals surface area contributed by atoms with Gasteiger partial charge in [-0.3, -0.25) is 0 Å². The van der Waals surface area contributed by atoms with Gasteiger partial charge in [0.2, 0.25) is 10.0 Å².